The van der Waals surface area contributed by atoms with Crippen molar-refractivity contribution in [2.24, 2.45) is 0 Å². The van der Waals surface area contributed by atoms with Crippen molar-refractivity contribution >= 4 is 40.9 Å². The molecule has 1 aromatic rings. The summed E-state index contributed by atoms with van der Waals surface area (Å²) in [6.07, 6.45) is 0.532. The molecule has 0 bridgehead atoms. The van der Waals surface area contributed by atoms with Crippen LogP contribution < -0.4 is 5.73 Å². The van der Waals surface area contributed by atoms with Crippen LogP contribution in [-0.2, 0) is 15.0 Å². The van der Waals surface area contributed by atoms with Gasteiger partial charge >= 0.3 is 0 Å². The first-order valence-corrected chi connectivity index (χ1v) is 6.89. The van der Waals surface area contributed by atoms with E-state index in [4.69, 9.17) is 34.4 Å². The fourth-order valence-corrected chi connectivity index (χ4v) is 1.88. The summed E-state index contributed by atoms with van der Waals surface area (Å²) in [5.74, 6) is -0.590. The minimum atomic E-state index is -0.517. The lowest BCUT2D eigenvalue weighted by Gasteiger charge is -2.16. The van der Waals surface area contributed by atoms with Crippen LogP contribution in [0.3, 0.4) is 0 Å². The van der Waals surface area contributed by atoms with Crippen LogP contribution in [0.4, 0.5) is 5.69 Å². The van der Waals surface area contributed by atoms with Crippen LogP contribution in [0.15, 0.2) is 18.2 Å². The van der Waals surface area contributed by atoms with E-state index in [1.54, 1.807) is 12.1 Å². The summed E-state index contributed by atoms with van der Waals surface area (Å²) < 4.78 is 0.639. The highest BCUT2D eigenvalue weighted by atomic mass is 35.5. The molecule has 1 heterocycles. The van der Waals surface area contributed by atoms with Crippen molar-refractivity contribution in [2.75, 3.05) is 5.73 Å². The first-order chi connectivity index (χ1) is 9.69. The number of hydrogen-bond donors (Lipinski definition) is 1. The molecule has 112 valence electrons. The maximum absolute atomic E-state index is 10.4. The maximum atomic E-state index is 10.4. The molecule has 0 aliphatic carbocycles. The topological polar surface area (TPSA) is 87.2 Å². The number of carbonyl (C=O) groups is 2. The van der Waals surface area contributed by atoms with E-state index in [-0.39, 0.29) is 24.7 Å². The molecule has 1 aromatic carbocycles. The molecule has 1 fully saturated rings. The Balaban J connectivity index is 0.000000235. The van der Waals surface area contributed by atoms with Crippen LogP contribution in [0.25, 0.3) is 0 Å². The summed E-state index contributed by atoms with van der Waals surface area (Å²) >= 11 is 11.0. The van der Waals surface area contributed by atoms with Gasteiger partial charge in [0.25, 0.3) is 0 Å². The number of anilines is 1. The largest absolute Gasteiger partial charge is 0.398 e. The Hall–Kier alpha value is -1.77. The van der Waals surface area contributed by atoms with Gasteiger partial charge in [0.15, 0.2) is 0 Å². The van der Waals surface area contributed by atoms with Gasteiger partial charge in [-0.2, -0.15) is 9.68 Å². The Morgan fingerprint density at radius 1 is 1.29 bits per heavy atom. The normalized spacial score (nSPS) is 14.5. The summed E-state index contributed by atoms with van der Waals surface area (Å²) in [5, 5.41) is 9.38. The number of imide groups is 1. The molecule has 21 heavy (non-hydrogen) atoms. The van der Waals surface area contributed by atoms with E-state index in [2.05, 4.69) is 6.07 Å². The molecule has 1 saturated heterocycles. The lowest BCUT2D eigenvalue weighted by Crippen LogP contribution is -2.16. The average Bonchev–Trinajstić information content (AvgIpc) is 2.74. The highest BCUT2D eigenvalue weighted by molar-refractivity contribution is 6.33. The van der Waals surface area contributed by atoms with Gasteiger partial charge in [0.1, 0.15) is 0 Å². The van der Waals surface area contributed by atoms with E-state index in [9.17, 15) is 9.59 Å². The van der Waals surface area contributed by atoms with Gasteiger partial charge in [0.05, 0.1) is 22.2 Å². The molecular formula is C14H15Cl2N3O2. The fraction of sp³-hybridized carbons (Fsp3) is 0.357. The number of carbonyl (C=O) groups excluding carboxylic acids is 2. The van der Waals surface area contributed by atoms with Crippen LogP contribution in [0, 0.1) is 11.3 Å². The van der Waals surface area contributed by atoms with Crippen molar-refractivity contribution in [1.29, 1.82) is 5.26 Å². The molecule has 0 atom stereocenters. The molecule has 0 saturated carbocycles. The van der Waals surface area contributed by atoms with Crippen molar-refractivity contribution in [1.82, 2.24) is 4.42 Å². The van der Waals surface area contributed by atoms with Crippen molar-refractivity contribution in [3.63, 3.8) is 0 Å². The van der Waals surface area contributed by atoms with Gasteiger partial charge in [-0.05, 0) is 31.5 Å². The predicted octanol–water partition coefficient (Wildman–Crippen LogP) is 3.01. The van der Waals surface area contributed by atoms with Crippen LogP contribution in [0.1, 0.15) is 32.3 Å². The lowest BCUT2D eigenvalue weighted by molar-refractivity contribution is -0.132. The number of nitrogens with two attached hydrogens (primary N) is 1. The maximum Gasteiger partial charge on any atom is 0.244 e. The Bertz CT molecular complexity index is 593. The fourth-order valence-electron chi connectivity index (χ4n) is 1.53. The van der Waals surface area contributed by atoms with Crippen molar-refractivity contribution in [2.45, 2.75) is 32.1 Å². The lowest BCUT2D eigenvalue weighted by atomic mass is 9.86. The molecule has 1 aliphatic heterocycles. The summed E-state index contributed by atoms with van der Waals surface area (Å²) in [5.41, 5.74) is 6.47. The third-order valence-electron chi connectivity index (χ3n) is 2.99. The first-order valence-electron chi connectivity index (χ1n) is 6.17. The van der Waals surface area contributed by atoms with Gasteiger partial charge in [0.2, 0.25) is 11.8 Å². The molecular weight excluding hydrogens is 313 g/mol. The second kappa shape index (κ2) is 6.79. The monoisotopic (exact) mass is 327 g/mol. The van der Waals surface area contributed by atoms with Crippen LogP contribution in [0.5, 0.6) is 0 Å². The van der Waals surface area contributed by atoms with Gasteiger partial charge in [-0.15, -0.1) is 0 Å². The number of amides is 2. The highest BCUT2D eigenvalue weighted by Gasteiger charge is 2.26. The minimum absolute atomic E-state index is 0.266. The van der Waals surface area contributed by atoms with E-state index < -0.39 is 5.41 Å². The zero-order chi connectivity index (χ0) is 16.2. The van der Waals surface area contributed by atoms with Gasteiger partial charge in [0, 0.05) is 24.6 Å². The zero-order valence-electron chi connectivity index (χ0n) is 11.7. The van der Waals surface area contributed by atoms with Crippen molar-refractivity contribution < 1.29 is 9.59 Å². The number of halogens is 2. The zero-order valence-corrected chi connectivity index (χ0v) is 13.2. The van der Waals surface area contributed by atoms with E-state index in [1.165, 1.54) is 0 Å². The molecule has 1 aliphatic rings. The Kier molecular flexibility index (Phi) is 5.59. The average molecular weight is 328 g/mol. The summed E-state index contributed by atoms with van der Waals surface area (Å²) in [7, 11) is 0. The standard InChI is InChI=1S/C10H11ClN2.C4H4ClNO2/c1-10(2,6-12)7-3-4-9(13)8(11)5-7;5-6-3(7)1-2-4(6)8/h3-5H,13H2,1-2H3;1-2H2. The minimum Gasteiger partial charge on any atom is -0.398 e. The highest BCUT2D eigenvalue weighted by Crippen LogP contribution is 2.27. The predicted molar refractivity (Wildman–Crippen MR) is 81.4 cm³/mol. The number of nitrogen functional groups attached to an aromatic ring is 1. The van der Waals surface area contributed by atoms with Gasteiger partial charge in [-0.1, -0.05) is 17.7 Å². The van der Waals surface area contributed by atoms with Gasteiger partial charge in [-0.3, -0.25) is 9.59 Å². The third kappa shape index (κ3) is 4.35. The molecule has 0 spiro atoms. The quantitative estimate of drug-likeness (QED) is 0.488. The Morgan fingerprint density at radius 3 is 2.14 bits per heavy atom. The number of hydrogen-bond acceptors (Lipinski definition) is 4. The van der Waals surface area contributed by atoms with Gasteiger partial charge in [-0.25, -0.2) is 0 Å². The molecule has 0 aromatic heterocycles. The molecule has 2 N–H and O–H groups in total. The summed E-state index contributed by atoms with van der Waals surface area (Å²) in [6.45, 7) is 3.68. The van der Waals surface area contributed by atoms with E-state index in [0.717, 1.165) is 5.56 Å². The first kappa shape index (κ1) is 17.3. The molecule has 2 rings (SSSR count). The second-order valence-electron chi connectivity index (χ2n) is 5.04. The molecule has 0 radical (unpaired) electrons. The van der Waals surface area contributed by atoms with E-state index >= 15 is 0 Å². The SMILES string of the molecule is CC(C)(C#N)c1ccc(N)c(Cl)c1.O=C1CCC(=O)N1Cl. The molecule has 7 heteroatoms. The van der Waals surface area contributed by atoms with Crippen molar-refractivity contribution in [3.05, 3.63) is 28.8 Å². The smallest absolute Gasteiger partial charge is 0.244 e. The second-order valence-corrected chi connectivity index (χ2v) is 5.79. The van der Waals surface area contributed by atoms with Gasteiger partial charge < -0.3 is 5.73 Å². The van der Waals surface area contributed by atoms with Crippen LogP contribution >= 0.6 is 23.4 Å². The number of nitriles is 1. The number of nitrogens with zero attached hydrogens (tertiary/aromatic N) is 2. The number of benzene rings is 1. The number of rotatable bonds is 1. The van der Waals surface area contributed by atoms with E-state index in [1.807, 2.05) is 19.9 Å². The van der Waals surface area contributed by atoms with E-state index in [0.29, 0.717) is 15.1 Å². The van der Waals surface area contributed by atoms with Crippen LogP contribution in [0.2, 0.25) is 5.02 Å². The molecule has 5 nitrogen and oxygen atoms in total. The molecule has 2 amide bonds. The third-order valence-corrected chi connectivity index (χ3v) is 3.70. The van der Waals surface area contributed by atoms with Crippen molar-refractivity contribution in [3.8, 4) is 6.07 Å². The summed E-state index contributed by atoms with van der Waals surface area (Å²) in [4.78, 5) is 20.7. The Morgan fingerprint density at radius 2 is 1.81 bits per heavy atom. The summed E-state index contributed by atoms with van der Waals surface area (Å²) in [6, 6.07) is 7.48. The van der Waals surface area contributed by atoms with Crippen LogP contribution in [-0.4, -0.2) is 16.2 Å². The molecule has 0 unspecified atom stereocenters. The Labute approximate surface area is 133 Å².